The number of pyridine rings is 1. The Kier molecular flexibility index (Phi) is 3.60. The minimum Gasteiger partial charge on any atom is -0.504 e. The van der Waals surface area contributed by atoms with Crippen molar-refractivity contribution in [1.82, 2.24) is 4.98 Å². The molecule has 0 aliphatic carbocycles. The number of nitrogens with two attached hydrogens (primary N) is 1. The summed E-state index contributed by atoms with van der Waals surface area (Å²) in [6.45, 7) is 0. The van der Waals surface area contributed by atoms with Gasteiger partial charge in [-0.15, -0.1) is 0 Å². The second kappa shape index (κ2) is 4.73. The van der Waals surface area contributed by atoms with Gasteiger partial charge in [-0.3, -0.25) is 9.78 Å². The van der Waals surface area contributed by atoms with Gasteiger partial charge < -0.3 is 15.6 Å². The van der Waals surface area contributed by atoms with Crippen LogP contribution in [0.2, 0.25) is 0 Å². The molecule has 0 unspecified atom stereocenters. The molecule has 0 atom stereocenters. The van der Waals surface area contributed by atoms with Crippen LogP contribution in [0.25, 0.3) is 0 Å². The topological polar surface area (TPSA) is 85.4 Å². The SMILES string of the molecule is COC(=O)Cc1ncc(C(F)F)c(N)c1O. The summed E-state index contributed by atoms with van der Waals surface area (Å²) in [5, 5.41) is 9.44. The summed E-state index contributed by atoms with van der Waals surface area (Å²) in [4.78, 5) is 14.4. The molecule has 0 spiro atoms. The zero-order valence-electron chi connectivity index (χ0n) is 8.41. The second-order valence-corrected chi connectivity index (χ2v) is 2.98. The third-order valence-corrected chi connectivity index (χ3v) is 1.97. The lowest BCUT2D eigenvalue weighted by Gasteiger charge is -2.09. The van der Waals surface area contributed by atoms with Crippen LogP contribution in [0.1, 0.15) is 17.7 Å². The number of anilines is 1. The standard InChI is InChI=1S/C9H10F2N2O3/c1-16-6(14)2-5-8(15)7(12)4(3-13-5)9(10)11/h3,9,15H,2H2,1H3,(H2,12,13). The maximum absolute atomic E-state index is 12.3. The van der Waals surface area contributed by atoms with E-state index in [4.69, 9.17) is 5.73 Å². The fourth-order valence-electron chi connectivity index (χ4n) is 1.08. The van der Waals surface area contributed by atoms with Gasteiger partial charge in [0, 0.05) is 6.20 Å². The molecule has 88 valence electrons. The van der Waals surface area contributed by atoms with Crippen molar-refractivity contribution in [2.45, 2.75) is 12.8 Å². The molecular formula is C9H10F2N2O3. The first-order valence-corrected chi connectivity index (χ1v) is 4.28. The van der Waals surface area contributed by atoms with Crippen LogP contribution in [0.5, 0.6) is 5.75 Å². The quantitative estimate of drug-likeness (QED) is 0.760. The molecule has 0 aromatic carbocycles. The number of rotatable bonds is 3. The Morgan fingerprint density at radius 2 is 2.31 bits per heavy atom. The van der Waals surface area contributed by atoms with Gasteiger partial charge in [-0.25, -0.2) is 8.78 Å². The van der Waals surface area contributed by atoms with E-state index >= 15 is 0 Å². The molecule has 1 aromatic rings. The number of nitrogen functional groups attached to an aromatic ring is 1. The van der Waals surface area contributed by atoms with Crippen molar-refractivity contribution in [1.29, 1.82) is 0 Å². The smallest absolute Gasteiger partial charge is 0.311 e. The van der Waals surface area contributed by atoms with Crippen LogP contribution < -0.4 is 5.73 Å². The van der Waals surface area contributed by atoms with Crippen molar-refractivity contribution in [3.8, 4) is 5.75 Å². The molecular weight excluding hydrogens is 222 g/mol. The van der Waals surface area contributed by atoms with E-state index < -0.39 is 29.4 Å². The van der Waals surface area contributed by atoms with Gasteiger partial charge in [-0.1, -0.05) is 0 Å². The molecule has 16 heavy (non-hydrogen) atoms. The van der Waals surface area contributed by atoms with E-state index in [0.717, 1.165) is 13.3 Å². The van der Waals surface area contributed by atoms with Crippen molar-refractivity contribution in [3.05, 3.63) is 17.5 Å². The van der Waals surface area contributed by atoms with Gasteiger partial charge in [-0.2, -0.15) is 0 Å². The monoisotopic (exact) mass is 232 g/mol. The van der Waals surface area contributed by atoms with Crippen LogP contribution in [0.15, 0.2) is 6.20 Å². The predicted octanol–water partition coefficient (Wildman–Crippen LogP) is 1.02. The Labute approximate surface area is 89.9 Å². The fourth-order valence-corrected chi connectivity index (χ4v) is 1.08. The van der Waals surface area contributed by atoms with Crippen LogP contribution in [0.4, 0.5) is 14.5 Å². The van der Waals surface area contributed by atoms with Crippen LogP contribution in [0, 0.1) is 0 Å². The molecule has 0 radical (unpaired) electrons. The van der Waals surface area contributed by atoms with Gasteiger partial charge in [0.05, 0.1) is 30.5 Å². The third kappa shape index (κ3) is 2.36. The molecule has 0 amide bonds. The number of halogens is 2. The number of aromatic hydroxyl groups is 1. The van der Waals surface area contributed by atoms with E-state index in [0.29, 0.717) is 0 Å². The summed E-state index contributed by atoms with van der Waals surface area (Å²) in [5.41, 5.74) is 4.16. The third-order valence-electron chi connectivity index (χ3n) is 1.97. The highest BCUT2D eigenvalue weighted by molar-refractivity contribution is 5.74. The molecule has 0 fully saturated rings. The molecule has 0 saturated heterocycles. The lowest BCUT2D eigenvalue weighted by molar-refractivity contribution is -0.139. The predicted molar refractivity (Wildman–Crippen MR) is 51.0 cm³/mol. The van der Waals surface area contributed by atoms with E-state index in [2.05, 4.69) is 9.72 Å². The van der Waals surface area contributed by atoms with Crippen LogP contribution in [0.3, 0.4) is 0 Å². The van der Waals surface area contributed by atoms with Crippen molar-refractivity contribution < 1.29 is 23.4 Å². The number of hydrogen-bond acceptors (Lipinski definition) is 5. The molecule has 0 aliphatic rings. The van der Waals surface area contributed by atoms with Gasteiger partial charge in [0.25, 0.3) is 6.43 Å². The molecule has 7 heteroatoms. The molecule has 5 nitrogen and oxygen atoms in total. The number of alkyl halides is 2. The van der Waals surface area contributed by atoms with E-state index in [-0.39, 0.29) is 12.1 Å². The molecule has 1 rings (SSSR count). The molecule has 1 aromatic heterocycles. The van der Waals surface area contributed by atoms with Crippen LogP contribution in [-0.4, -0.2) is 23.2 Å². The van der Waals surface area contributed by atoms with Crippen LogP contribution in [-0.2, 0) is 16.0 Å². The van der Waals surface area contributed by atoms with Gasteiger partial charge >= 0.3 is 5.97 Å². The Balaban J connectivity index is 3.07. The number of ether oxygens (including phenoxy) is 1. The number of carbonyl (C=O) groups is 1. The first-order chi connectivity index (χ1) is 7.47. The van der Waals surface area contributed by atoms with Gasteiger partial charge in [-0.05, 0) is 0 Å². The van der Waals surface area contributed by atoms with Crippen molar-refractivity contribution >= 4 is 11.7 Å². The largest absolute Gasteiger partial charge is 0.504 e. The first-order valence-electron chi connectivity index (χ1n) is 4.28. The number of nitrogens with zero attached hydrogens (tertiary/aromatic N) is 1. The van der Waals surface area contributed by atoms with E-state index in [1.807, 2.05) is 0 Å². The molecule has 0 bridgehead atoms. The first kappa shape index (κ1) is 12.2. The minimum absolute atomic E-state index is 0.0891. The Morgan fingerprint density at radius 1 is 1.69 bits per heavy atom. The maximum atomic E-state index is 12.3. The molecule has 1 heterocycles. The summed E-state index contributed by atoms with van der Waals surface area (Å²) in [5.74, 6) is -1.25. The number of aromatic nitrogens is 1. The van der Waals surface area contributed by atoms with Gasteiger partial charge in [0.15, 0.2) is 5.75 Å². The van der Waals surface area contributed by atoms with Crippen LogP contribution >= 0.6 is 0 Å². The number of esters is 1. The number of methoxy groups -OCH3 is 1. The number of carbonyl (C=O) groups excluding carboxylic acids is 1. The van der Waals surface area contributed by atoms with Gasteiger partial charge in [0.1, 0.15) is 0 Å². The Hall–Kier alpha value is -1.92. The Bertz CT molecular complexity index is 410. The highest BCUT2D eigenvalue weighted by Crippen LogP contribution is 2.33. The molecule has 0 aliphatic heterocycles. The van der Waals surface area contributed by atoms with E-state index in [9.17, 15) is 18.7 Å². The summed E-state index contributed by atoms with van der Waals surface area (Å²) in [7, 11) is 1.16. The molecule has 0 saturated carbocycles. The fraction of sp³-hybridized carbons (Fsp3) is 0.333. The van der Waals surface area contributed by atoms with Crippen molar-refractivity contribution in [2.75, 3.05) is 12.8 Å². The average Bonchev–Trinajstić information content (AvgIpc) is 2.24. The normalized spacial score (nSPS) is 10.5. The zero-order valence-corrected chi connectivity index (χ0v) is 8.41. The Morgan fingerprint density at radius 3 is 2.81 bits per heavy atom. The highest BCUT2D eigenvalue weighted by Gasteiger charge is 2.19. The van der Waals surface area contributed by atoms with Crippen molar-refractivity contribution in [2.24, 2.45) is 0 Å². The zero-order chi connectivity index (χ0) is 12.3. The lowest BCUT2D eigenvalue weighted by atomic mass is 10.1. The molecule has 3 N–H and O–H groups in total. The number of hydrogen-bond donors (Lipinski definition) is 2. The maximum Gasteiger partial charge on any atom is 0.311 e. The van der Waals surface area contributed by atoms with Crippen molar-refractivity contribution in [3.63, 3.8) is 0 Å². The van der Waals surface area contributed by atoms with E-state index in [1.165, 1.54) is 0 Å². The summed E-state index contributed by atoms with van der Waals surface area (Å²) >= 11 is 0. The summed E-state index contributed by atoms with van der Waals surface area (Å²) in [6, 6.07) is 0. The van der Waals surface area contributed by atoms with Gasteiger partial charge in [0.2, 0.25) is 0 Å². The van der Waals surface area contributed by atoms with E-state index in [1.54, 1.807) is 0 Å². The second-order valence-electron chi connectivity index (χ2n) is 2.98. The summed E-state index contributed by atoms with van der Waals surface area (Å²) < 4.78 is 29.0. The average molecular weight is 232 g/mol. The lowest BCUT2D eigenvalue weighted by Crippen LogP contribution is -2.08. The highest BCUT2D eigenvalue weighted by atomic mass is 19.3. The summed E-state index contributed by atoms with van der Waals surface area (Å²) in [6.07, 6.45) is -2.32. The minimum atomic E-state index is -2.83.